The zero-order valence-electron chi connectivity index (χ0n) is 8.86. The number of rotatable bonds is 4. The van der Waals surface area contributed by atoms with Crippen LogP contribution in [0.5, 0.6) is 11.5 Å². The van der Waals surface area contributed by atoms with Crippen LogP contribution in [0, 0.1) is 0 Å². The van der Waals surface area contributed by atoms with Gasteiger partial charge in [-0.25, -0.2) is 4.79 Å². The van der Waals surface area contributed by atoms with Crippen LogP contribution in [-0.2, 0) is 4.74 Å². The molecule has 16 heavy (non-hydrogen) atoms. The van der Waals surface area contributed by atoms with Gasteiger partial charge in [0, 0.05) is 0 Å². The average molecular weight is 245 g/mol. The molecule has 88 valence electrons. The second-order valence-corrected chi connectivity index (χ2v) is 3.69. The van der Waals surface area contributed by atoms with Gasteiger partial charge in [-0.05, 0) is 18.6 Å². The van der Waals surface area contributed by atoms with Gasteiger partial charge in [-0.1, -0.05) is 24.9 Å². The highest BCUT2D eigenvalue weighted by molar-refractivity contribution is 6.32. The first-order valence-corrected chi connectivity index (χ1v) is 5.33. The van der Waals surface area contributed by atoms with E-state index in [0.717, 1.165) is 12.8 Å². The standard InChI is InChI=1S/C11H13ClO4/c1-2-3-6-16-11(15)7-4-5-8(12)10(14)9(7)13/h4-5,13-14H,2-3,6H2,1H3. The van der Waals surface area contributed by atoms with Gasteiger partial charge in [0.05, 0.1) is 11.6 Å². The fraction of sp³-hybridized carbons (Fsp3) is 0.364. The molecule has 0 fully saturated rings. The Morgan fingerprint density at radius 3 is 2.69 bits per heavy atom. The van der Waals surface area contributed by atoms with Crippen molar-refractivity contribution in [3.63, 3.8) is 0 Å². The van der Waals surface area contributed by atoms with Crippen molar-refractivity contribution >= 4 is 17.6 Å². The second kappa shape index (κ2) is 5.61. The van der Waals surface area contributed by atoms with E-state index < -0.39 is 17.5 Å². The molecule has 0 heterocycles. The van der Waals surface area contributed by atoms with Gasteiger partial charge in [-0.15, -0.1) is 0 Å². The van der Waals surface area contributed by atoms with Gasteiger partial charge in [0.1, 0.15) is 5.56 Å². The number of phenols is 2. The van der Waals surface area contributed by atoms with Crippen molar-refractivity contribution in [2.24, 2.45) is 0 Å². The van der Waals surface area contributed by atoms with Crippen molar-refractivity contribution in [1.82, 2.24) is 0 Å². The molecule has 0 amide bonds. The zero-order chi connectivity index (χ0) is 12.1. The van der Waals surface area contributed by atoms with Crippen molar-refractivity contribution < 1.29 is 19.7 Å². The van der Waals surface area contributed by atoms with Gasteiger partial charge < -0.3 is 14.9 Å². The first-order valence-electron chi connectivity index (χ1n) is 4.95. The summed E-state index contributed by atoms with van der Waals surface area (Å²) in [5.41, 5.74) is -0.0852. The van der Waals surface area contributed by atoms with Crippen molar-refractivity contribution in [1.29, 1.82) is 0 Å². The van der Waals surface area contributed by atoms with Crippen LogP contribution in [0.2, 0.25) is 5.02 Å². The molecule has 0 saturated carbocycles. The summed E-state index contributed by atoms with van der Waals surface area (Å²) in [5.74, 6) is -1.72. The van der Waals surface area contributed by atoms with Crippen LogP contribution in [0.25, 0.3) is 0 Å². The smallest absolute Gasteiger partial charge is 0.342 e. The number of phenolic OH excluding ortho intramolecular Hbond substituents is 2. The van der Waals surface area contributed by atoms with E-state index in [2.05, 4.69) is 0 Å². The second-order valence-electron chi connectivity index (χ2n) is 3.28. The van der Waals surface area contributed by atoms with Crippen LogP contribution in [0.1, 0.15) is 30.1 Å². The molecule has 0 radical (unpaired) electrons. The maximum absolute atomic E-state index is 11.5. The normalized spacial score (nSPS) is 10.1. The summed E-state index contributed by atoms with van der Waals surface area (Å²) in [5, 5.41) is 18.8. The van der Waals surface area contributed by atoms with E-state index in [-0.39, 0.29) is 17.2 Å². The fourth-order valence-electron chi connectivity index (χ4n) is 1.11. The summed E-state index contributed by atoms with van der Waals surface area (Å²) in [4.78, 5) is 11.5. The number of benzene rings is 1. The molecule has 1 rings (SSSR count). The molecule has 1 aromatic rings. The number of hydrogen-bond acceptors (Lipinski definition) is 4. The van der Waals surface area contributed by atoms with E-state index in [0.29, 0.717) is 0 Å². The molecule has 0 bridgehead atoms. The van der Waals surface area contributed by atoms with Gasteiger partial charge >= 0.3 is 5.97 Å². The predicted octanol–water partition coefficient (Wildman–Crippen LogP) is 2.71. The van der Waals surface area contributed by atoms with Crippen LogP contribution >= 0.6 is 11.6 Å². The molecule has 0 spiro atoms. The highest BCUT2D eigenvalue weighted by atomic mass is 35.5. The van der Waals surface area contributed by atoms with E-state index in [1.807, 2.05) is 6.92 Å². The topological polar surface area (TPSA) is 66.8 Å². The average Bonchev–Trinajstić information content (AvgIpc) is 2.26. The minimum absolute atomic E-state index is 0.0115. The van der Waals surface area contributed by atoms with Crippen molar-refractivity contribution in [2.45, 2.75) is 19.8 Å². The summed E-state index contributed by atoms with van der Waals surface area (Å²) < 4.78 is 4.89. The fourth-order valence-corrected chi connectivity index (χ4v) is 1.26. The van der Waals surface area contributed by atoms with Crippen LogP contribution in [-0.4, -0.2) is 22.8 Å². The molecule has 0 atom stereocenters. The number of carbonyl (C=O) groups is 1. The molecule has 4 nitrogen and oxygen atoms in total. The SMILES string of the molecule is CCCCOC(=O)c1ccc(Cl)c(O)c1O. The Bertz CT molecular complexity index is 390. The first-order chi connectivity index (χ1) is 7.57. The quantitative estimate of drug-likeness (QED) is 0.486. The molecular formula is C11H13ClO4. The molecule has 0 aliphatic carbocycles. The van der Waals surface area contributed by atoms with Crippen LogP contribution in [0.15, 0.2) is 12.1 Å². The van der Waals surface area contributed by atoms with Crippen molar-refractivity contribution in [3.05, 3.63) is 22.7 Å². The number of unbranched alkanes of at least 4 members (excludes halogenated alkanes) is 1. The highest BCUT2D eigenvalue weighted by Gasteiger charge is 2.17. The van der Waals surface area contributed by atoms with Crippen molar-refractivity contribution in [3.8, 4) is 11.5 Å². The molecule has 0 aliphatic rings. The highest BCUT2D eigenvalue weighted by Crippen LogP contribution is 2.35. The lowest BCUT2D eigenvalue weighted by Crippen LogP contribution is -2.06. The maximum Gasteiger partial charge on any atom is 0.342 e. The summed E-state index contributed by atoms with van der Waals surface area (Å²) in [6, 6.07) is 2.64. The van der Waals surface area contributed by atoms with Gasteiger partial charge in [-0.3, -0.25) is 0 Å². The third kappa shape index (κ3) is 2.79. The molecule has 0 saturated heterocycles. The molecule has 5 heteroatoms. The number of hydrogen-bond donors (Lipinski definition) is 2. The van der Waals surface area contributed by atoms with E-state index in [1.54, 1.807) is 0 Å². The summed E-state index contributed by atoms with van der Waals surface area (Å²) in [6.07, 6.45) is 1.66. The Hall–Kier alpha value is -1.42. The summed E-state index contributed by atoms with van der Waals surface area (Å²) in [6.45, 7) is 2.26. The predicted molar refractivity (Wildman–Crippen MR) is 60.0 cm³/mol. The lowest BCUT2D eigenvalue weighted by atomic mass is 10.2. The molecule has 0 aromatic heterocycles. The number of aromatic hydroxyl groups is 2. The van der Waals surface area contributed by atoms with E-state index in [1.165, 1.54) is 12.1 Å². The van der Waals surface area contributed by atoms with E-state index >= 15 is 0 Å². The lowest BCUT2D eigenvalue weighted by molar-refractivity contribution is 0.0495. The Kier molecular flexibility index (Phi) is 4.43. The third-order valence-corrected chi connectivity index (χ3v) is 2.36. The van der Waals surface area contributed by atoms with Gasteiger partial charge in [0.25, 0.3) is 0 Å². The monoisotopic (exact) mass is 244 g/mol. The number of esters is 1. The minimum Gasteiger partial charge on any atom is -0.504 e. The zero-order valence-corrected chi connectivity index (χ0v) is 9.62. The van der Waals surface area contributed by atoms with Gasteiger partial charge in [0.2, 0.25) is 0 Å². The minimum atomic E-state index is -0.669. The van der Waals surface area contributed by atoms with Crippen LogP contribution in [0.3, 0.4) is 0 Å². The lowest BCUT2D eigenvalue weighted by Gasteiger charge is -2.07. The number of carbonyl (C=O) groups excluding carboxylic acids is 1. The van der Waals surface area contributed by atoms with Crippen molar-refractivity contribution in [2.75, 3.05) is 6.61 Å². The Morgan fingerprint density at radius 1 is 1.38 bits per heavy atom. The summed E-state index contributed by atoms with van der Waals surface area (Å²) in [7, 11) is 0. The molecule has 0 unspecified atom stereocenters. The Morgan fingerprint density at radius 2 is 2.06 bits per heavy atom. The molecule has 1 aromatic carbocycles. The maximum atomic E-state index is 11.5. The van der Waals surface area contributed by atoms with Crippen LogP contribution in [0.4, 0.5) is 0 Å². The van der Waals surface area contributed by atoms with Gasteiger partial charge in [-0.2, -0.15) is 0 Å². The summed E-state index contributed by atoms with van der Waals surface area (Å²) >= 11 is 5.56. The molecule has 0 aliphatic heterocycles. The Balaban J connectivity index is 2.80. The van der Waals surface area contributed by atoms with Crippen LogP contribution < -0.4 is 0 Å². The van der Waals surface area contributed by atoms with Gasteiger partial charge in [0.15, 0.2) is 11.5 Å². The first kappa shape index (κ1) is 12.6. The van der Waals surface area contributed by atoms with E-state index in [9.17, 15) is 15.0 Å². The third-order valence-electron chi connectivity index (χ3n) is 2.05. The molecule has 2 N–H and O–H groups in total. The number of halogens is 1. The largest absolute Gasteiger partial charge is 0.504 e. The Labute approximate surface area is 98.4 Å². The number of ether oxygens (including phenoxy) is 1. The molecular weight excluding hydrogens is 232 g/mol. The van der Waals surface area contributed by atoms with E-state index in [4.69, 9.17) is 16.3 Å².